The Morgan fingerprint density at radius 2 is 2.00 bits per heavy atom. The van der Waals surface area contributed by atoms with Crippen LogP contribution in [0.2, 0.25) is 5.02 Å². The summed E-state index contributed by atoms with van der Waals surface area (Å²) in [5.74, 6) is -0.0673. The van der Waals surface area contributed by atoms with E-state index in [0.717, 1.165) is 0 Å². The van der Waals surface area contributed by atoms with E-state index in [-0.39, 0.29) is 11.7 Å². The summed E-state index contributed by atoms with van der Waals surface area (Å²) in [6, 6.07) is 4.64. The third kappa shape index (κ3) is 3.14. The van der Waals surface area contributed by atoms with E-state index in [9.17, 15) is 5.11 Å². The van der Waals surface area contributed by atoms with E-state index in [1.165, 1.54) is 6.07 Å². The SMILES string of the molecule is C/C(=N\N=C(N)N)c1cc(Cl)ccc1O. The number of hydrogen-bond donors (Lipinski definition) is 3. The van der Waals surface area contributed by atoms with E-state index in [4.69, 9.17) is 23.1 Å². The molecular weight excluding hydrogens is 216 g/mol. The van der Waals surface area contributed by atoms with Crippen LogP contribution in [0.15, 0.2) is 28.4 Å². The number of nitrogens with two attached hydrogens (primary N) is 2. The Balaban J connectivity index is 3.10. The van der Waals surface area contributed by atoms with Crippen molar-refractivity contribution in [3.63, 3.8) is 0 Å². The molecule has 0 unspecified atom stereocenters. The average molecular weight is 227 g/mol. The number of nitrogens with zero attached hydrogens (tertiary/aromatic N) is 2. The molecule has 80 valence electrons. The summed E-state index contributed by atoms with van der Waals surface area (Å²) in [6.45, 7) is 1.66. The zero-order chi connectivity index (χ0) is 11.4. The molecule has 1 aromatic rings. The van der Waals surface area contributed by atoms with E-state index >= 15 is 0 Å². The Morgan fingerprint density at radius 3 is 2.60 bits per heavy atom. The van der Waals surface area contributed by atoms with Crippen molar-refractivity contribution in [1.82, 2.24) is 0 Å². The number of phenols is 1. The fourth-order valence-corrected chi connectivity index (χ4v) is 1.16. The predicted octanol–water partition coefficient (Wildman–Crippen LogP) is 1.04. The highest BCUT2D eigenvalue weighted by molar-refractivity contribution is 6.31. The second-order valence-corrected chi connectivity index (χ2v) is 3.31. The Bertz CT molecular complexity index is 424. The normalized spacial score (nSPS) is 11.2. The number of guanidine groups is 1. The lowest BCUT2D eigenvalue weighted by atomic mass is 10.1. The first-order valence-corrected chi connectivity index (χ1v) is 4.50. The van der Waals surface area contributed by atoms with Gasteiger partial charge < -0.3 is 16.6 Å². The number of halogens is 1. The molecule has 1 aromatic carbocycles. The van der Waals surface area contributed by atoms with Crippen LogP contribution in [-0.2, 0) is 0 Å². The minimum absolute atomic E-state index is 0.0754. The van der Waals surface area contributed by atoms with Crippen molar-refractivity contribution in [3.05, 3.63) is 28.8 Å². The molecule has 0 aliphatic heterocycles. The van der Waals surface area contributed by atoms with Gasteiger partial charge in [-0.2, -0.15) is 5.10 Å². The van der Waals surface area contributed by atoms with Crippen molar-refractivity contribution in [2.24, 2.45) is 21.7 Å². The highest BCUT2D eigenvalue weighted by atomic mass is 35.5. The van der Waals surface area contributed by atoms with E-state index in [1.54, 1.807) is 19.1 Å². The summed E-state index contributed by atoms with van der Waals surface area (Å²) >= 11 is 5.77. The molecule has 6 heteroatoms. The largest absolute Gasteiger partial charge is 0.507 e. The fourth-order valence-electron chi connectivity index (χ4n) is 0.985. The number of hydrogen-bond acceptors (Lipinski definition) is 3. The van der Waals surface area contributed by atoms with Crippen molar-refractivity contribution in [2.45, 2.75) is 6.92 Å². The van der Waals surface area contributed by atoms with Crippen LogP contribution in [0.5, 0.6) is 5.75 Å². The van der Waals surface area contributed by atoms with Crippen LogP contribution in [0.3, 0.4) is 0 Å². The molecule has 0 aromatic heterocycles. The van der Waals surface area contributed by atoms with Crippen molar-refractivity contribution in [1.29, 1.82) is 0 Å². The molecule has 0 aliphatic rings. The molecule has 0 saturated carbocycles. The first kappa shape index (κ1) is 11.3. The zero-order valence-corrected chi connectivity index (χ0v) is 8.86. The maximum atomic E-state index is 9.52. The van der Waals surface area contributed by atoms with Gasteiger partial charge in [-0.05, 0) is 25.1 Å². The third-order valence-electron chi connectivity index (χ3n) is 1.66. The topological polar surface area (TPSA) is 97.0 Å². The Kier molecular flexibility index (Phi) is 3.51. The van der Waals surface area contributed by atoms with E-state index in [0.29, 0.717) is 16.3 Å². The van der Waals surface area contributed by atoms with Crippen molar-refractivity contribution >= 4 is 23.3 Å². The lowest BCUT2D eigenvalue weighted by molar-refractivity contribution is 0.474. The van der Waals surface area contributed by atoms with Gasteiger partial charge in [-0.25, -0.2) is 0 Å². The molecule has 1 rings (SSSR count). The monoisotopic (exact) mass is 226 g/mol. The second kappa shape index (κ2) is 4.65. The van der Waals surface area contributed by atoms with Gasteiger partial charge in [-0.15, -0.1) is 5.10 Å². The Hall–Kier alpha value is -1.75. The maximum absolute atomic E-state index is 9.52. The summed E-state index contributed by atoms with van der Waals surface area (Å²) in [6.07, 6.45) is 0. The number of benzene rings is 1. The molecule has 0 spiro atoms. The lowest BCUT2D eigenvalue weighted by Gasteiger charge is -2.02. The standard InChI is InChI=1S/C9H11ClN4O/c1-5(13-14-9(11)12)7-4-6(10)2-3-8(7)15/h2-4,15H,1H3,(H4,11,12,14)/b13-5+. The van der Waals surface area contributed by atoms with Gasteiger partial charge in [-0.1, -0.05) is 11.6 Å². The van der Waals surface area contributed by atoms with Gasteiger partial charge in [0.1, 0.15) is 5.75 Å². The summed E-state index contributed by atoms with van der Waals surface area (Å²) in [4.78, 5) is 0. The summed E-state index contributed by atoms with van der Waals surface area (Å²) in [5, 5.41) is 17.2. The first-order chi connectivity index (χ1) is 7.00. The molecule has 0 amide bonds. The van der Waals surface area contributed by atoms with Crippen LogP contribution >= 0.6 is 11.6 Å². The molecular formula is C9H11ClN4O. The fraction of sp³-hybridized carbons (Fsp3) is 0.111. The van der Waals surface area contributed by atoms with Crippen LogP contribution < -0.4 is 11.5 Å². The maximum Gasteiger partial charge on any atom is 0.211 e. The number of phenolic OH excluding ortho intramolecular Hbond substituents is 1. The quantitative estimate of drug-likeness (QED) is 0.399. The van der Waals surface area contributed by atoms with Crippen LogP contribution in [0.1, 0.15) is 12.5 Å². The predicted molar refractivity (Wildman–Crippen MR) is 61.1 cm³/mol. The van der Waals surface area contributed by atoms with Gasteiger partial charge in [0.05, 0.1) is 5.71 Å². The van der Waals surface area contributed by atoms with Crippen molar-refractivity contribution in [3.8, 4) is 5.75 Å². The second-order valence-electron chi connectivity index (χ2n) is 2.87. The first-order valence-electron chi connectivity index (χ1n) is 4.13. The smallest absolute Gasteiger partial charge is 0.211 e. The Labute approximate surface area is 92.1 Å². The van der Waals surface area contributed by atoms with Gasteiger partial charge >= 0.3 is 0 Å². The highest BCUT2D eigenvalue weighted by Crippen LogP contribution is 2.22. The molecule has 0 heterocycles. The molecule has 0 radical (unpaired) electrons. The summed E-state index contributed by atoms with van der Waals surface area (Å²) in [7, 11) is 0. The Morgan fingerprint density at radius 1 is 1.33 bits per heavy atom. The molecule has 0 aliphatic carbocycles. The molecule has 0 atom stereocenters. The van der Waals surface area contributed by atoms with Crippen LogP contribution in [0.25, 0.3) is 0 Å². The van der Waals surface area contributed by atoms with Crippen LogP contribution in [0.4, 0.5) is 0 Å². The zero-order valence-electron chi connectivity index (χ0n) is 8.11. The van der Waals surface area contributed by atoms with Gasteiger partial charge in [0.2, 0.25) is 5.96 Å². The number of aromatic hydroxyl groups is 1. The van der Waals surface area contributed by atoms with E-state index in [1.807, 2.05) is 0 Å². The third-order valence-corrected chi connectivity index (χ3v) is 1.90. The van der Waals surface area contributed by atoms with Gasteiger partial charge in [-0.3, -0.25) is 0 Å². The molecule has 0 saturated heterocycles. The molecule has 0 fully saturated rings. The van der Waals surface area contributed by atoms with E-state index < -0.39 is 0 Å². The minimum Gasteiger partial charge on any atom is -0.507 e. The van der Waals surface area contributed by atoms with Crippen molar-refractivity contribution < 1.29 is 5.11 Å². The molecule has 15 heavy (non-hydrogen) atoms. The van der Waals surface area contributed by atoms with Gasteiger partial charge in [0.25, 0.3) is 0 Å². The van der Waals surface area contributed by atoms with Crippen LogP contribution in [0, 0.1) is 0 Å². The van der Waals surface area contributed by atoms with Crippen molar-refractivity contribution in [2.75, 3.05) is 0 Å². The number of rotatable bonds is 2. The van der Waals surface area contributed by atoms with Gasteiger partial charge in [0, 0.05) is 10.6 Å². The molecule has 0 bridgehead atoms. The molecule has 5 nitrogen and oxygen atoms in total. The molecule has 5 N–H and O–H groups in total. The van der Waals surface area contributed by atoms with Crippen LogP contribution in [-0.4, -0.2) is 16.8 Å². The average Bonchev–Trinajstić information content (AvgIpc) is 2.18. The van der Waals surface area contributed by atoms with Gasteiger partial charge in [0.15, 0.2) is 0 Å². The highest BCUT2D eigenvalue weighted by Gasteiger charge is 2.05. The lowest BCUT2D eigenvalue weighted by Crippen LogP contribution is -2.22. The summed E-state index contributed by atoms with van der Waals surface area (Å²) < 4.78 is 0. The summed E-state index contributed by atoms with van der Waals surface area (Å²) in [5.41, 5.74) is 11.2. The minimum atomic E-state index is -0.143. The van der Waals surface area contributed by atoms with E-state index in [2.05, 4.69) is 10.2 Å².